The lowest BCUT2D eigenvalue weighted by atomic mass is 10.1. The van der Waals surface area contributed by atoms with E-state index in [9.17, 15) is 0 Å². The highest BCUT2D eigenvalue weighted by Gasteiger charge is 2.01. The molecular weight excluding hydrogens is 278 g/mol. The molecule has 0 atom stereocenters. The summed E-state index contributed by atoms with van der Waals surface area (Å²) in [5.41, 5.74) is 2.53. The highest BCUT2D eigenvalue weighted by Crippen LogP contribution is 2.18. The number of furan rings is 1. The first-order valence-corrected chi connectivity index (χ1v) is 6.45. The molecule has 17 heavy (non-hydrogen) atoms. The molecule has 2 nitrogen and oxygen atoms in total. The van der Waals surface area contributed by atoms with E-state index in [-0.39, 0.29) is 0 Å². The highest BCUT2D eigenvalue weighted by atomic mass is 79.9. The first kappa shape index (κ1) is 12.4. The molecule has 1 aromatic carbocycles. The van der Waals surface area contributed by atoms with Gasteiger partial charge in [0.1, 0.15) is 11.5 Å². The average molecular weight is 294 g/mol. The van der Waals surface area contributed by atoms with Crippen LogP contribution in [0.5, 0.6) is 0 Å². The van der Waals surface area contributed by atoms with Crippen LogP contribution in [0.4, 0.5) is 0 Å². The first-order chi connectivity index (χ1) is 8.15. The molecule has 0 radical (unpaired) electrons. The summed E-state index contributed by atoms with van der Waals surface area (Å²) >= 11 is 3.57. The van der Waals surface area contributed by atoms with Gasteiger partial charge in [-0.15, -0.1) is 0 Å². The predicted octanol–water partition coefficient (Wildman–Crippen LogP) is 3.95. The number of halogens is 1. The normalized spacial score (nSPS) is 10.8. The molecule has 0 aliphatic carbocycles. The third-order valence-electron chi connectivity index (χ3n) is 2.62. The highest BCUT2D eigenvalue weighted by molar-refractivity contribution is 9.10. The SMILES string of the molecule is Cc1ccc(CNCc2ccc(C)o2)c(Br)c1. The van der Waals surface area contributed by atoms with Crippen LogP contribution in [0.1, 0.15) is 22.6 Å². The molecule has 0 amide bonds. The number of benzene rings is 1. The molecule has 1 heterocycles. The summed E-state index contributed by atoms with van der Waals surface area (Å²) in [6, 6.07) is 10.4. The van der Waals surface area contributed by atoms with Crippen molar-refractivity contribution in [1.29, 1.82) is 0 Å². The fourth-order valence-electron chi connectivity index (χ4n) is 1.70. The van der Waals surface area contributed by atoms with Crippen LogP contribution in [0.15, 0.2) is 39.2 Å². The molecular formula is C14H16BrNO. The molecule has 3 heteroatoms. The van der Waals surface area contributed by atoms with Gasteiger partial charge >= 0.3 is 0 Å². The van der Waals surface area contributed by atoms with Gasteiger partial charge in [0.15, 0.2) is 0 Å². The van der Waals surface area contributed by atoms with Crippen molar-refractivity contribution in [3.8, 4) is 0 Å². The smallest absolute Gasteiger partial charge is 0.117 e. The van der Waals surface area contributed by atoms with Crippen LogP contribution in [0.25, 0.3) is 0 Å². The van der Waals surface area contributed by atoms with Gasteiger partial charge in [-0.3, -0.25) is 0 Å². The zero-order chi connectivity index (χ0) is 12.3. The molecule has 0 bridgehead atoms. The van der Waals surface area contributed by atoms with Crippen molar-refractivity contribution < 1.29 is 4.42 Å². The number of nitrogens with one attached hydrogen (secondary N) is 1. The van der Waals surface area contributed by atoms with Gasteiger partial charge in [0.05, 0.1) is 6.54 Å². The van der Waals surface area contributed by atoms with Gasteiger partial charge in [-0.1, -0.05) is 28.1 Å². The lowest BCUT2D eigenvalue weighted by Crippen LogP contribution is -2.12. The van der Waals surface area contributed by atoms with E-state index in [4.69, 9.17) is 4.42 Å². The van der Waals surface area contributed by atoms with Gasteiger partial charge < -0.3 is 9.73 Å². The Kier molecular flexibility index (Phi) is 4.02. The Morgan fingerprint density at radius 3 is 2.59 bits per heavy atom. The van der Waals surface area contributed by atoms with E-state index in [1.54, 1.807) is 0 Å². The van der Waals surface area contributed by atoms with Gasteiger partial charge in [0.2, 0.25) is 0 Å². The standard InChI is InChI=1S/C14H16BrNO/c1-10-3-5-12(14(15)7-10)8-16-9-13-6-4-11(2)17-13/h3-7,16H,8-9H2,1-2H3. The Hall–Kier alpha value is -1.06. The quantitative estimate of drug-likeness (QED) is 0.923. The predicted molar refractivity (Wildman–Crippen MR) is 72.9 cm³/mol. The van der Waals surface area contributed by atoms with Crippen LogP contribution >= 0.6 is 15.9 Å². The first-order valence-electron chi connectivity index (χ1n) is 5.66. The molecule has 2 aromatic rings. The minimum atomic E-state index is 0.758. The van der Waals surface area contributed by atoms with Crippen LogP contribution < -0.4 is 5.32 Å². The zero-order valence-corrected chi connectivity index (χ0v) is 11.7. The lowest BCUT2D eigenvalue weighted by Gasteiger charge is -2.06. The summed E-state index contributed by atoms with van der Waals surface area (Å²) in [5.74, 6) is 1.93. The second kappa shape index (κ2) is 5.52. The number of aryl methyl sites for hydroxylation is 2. The molecule has 0 aliphatic heterocycles. The molecule has 0 unspecified atom stereocenters. The van der Waals surface area contributed by atoms with E-state index < -0.39 is 0 Å². The molecule has 1 N–H and O–H groups in total. The topological polar surface area (TPSA) is 25.2 Å². The van der Waals surface area contributed by atoms with E-state index >= 15 is 0 Å². The van der Waals surface area contributed by atoms with E-state index in [0.717, 1.165) is 29.1 Å². The van der Waals surface area contributed by atoms with Crippen molar-refractivity contribution in [2.45, 2.75) is 26.9 Å². The van der Waals surface area contributed by atoms with Crippen molar-refractivity contribution in [3.05, 3.63) is 57.5 Å². The summed E-state index contributed by atoms with van der Waals surface area (Å²) in [4.78, 5) is 0. The van der Waals surface area contributed by atoms with Gasteiger partial charge in [-0.2, -0.15) is 0 Å². The van der Waals surface area contributed by atoms with E-state index in [1.165, 1.54) is 11.1 Å². The molecule has 90 valence electrons. The Labute approximate surface area is 110 Å². The largest absolute Gasteiger partial charge is 0.465 e. The second-order valence-corrected chi connectivity index (χ2v) is 5.07. The summed E-state index contributed by atoms with van der Waals surface area (Å²) in [6.07, 6.45) is 0. The maximum absolute atomic E-state index is 5.50. The maximum Gasteiger partial charge on any atom is 0.117 e. The molecule has 0 fully saturated rings. The van der Waals surface area contributed by atoms with Crippen molar-refractivity contribution >= 4 is 15.9 Å². The van der Waals surface area contributed by atoms with Crippen LogP contribution in [-0.4, -0.2) is 0 Å². The third kappa shape index (κ3) is 3.45. The van der Waals surface area contributed by atoms with Crippen LogP contribution in [-0.2, 0) is 13.1 Å². The van der Waals surface area contributed by atoms with E-state index in [0.29, 0.717) is 0 Å². The molecule has 0 saturated carbocycles. The lowest BCUT2D eigenvalue weighted by molar-refractivity contribution is 0.461. The summed E-state index contributed by atoms with van der Waals surface area (Å²) < 4.78 is 6.65. The minimum Gasteiger partial charge on any atom is -0.465 e. The van der Waals surface area contributed by atoms with Crippen LogP contribution in [0, 0.1) is 13.8 Å². The average Bonchev–Trinajstić information content (AvgIpc) is 2.68. The van der Waals surface area contributed by atoms with E-state index in [1.807, 2.05) is 19.1 Å². The Bertz CT molecular complexity index is 505. The van der Waals surface area contributed by atoms with E-state index in [2.05, 4.69) is 46.4 Å². The fourth-order valence-corrected chi connectivity index (χ4v) is 2.33. The number of hydrogen-bond donors (Lipinski definition) is 1. The third-order valence-corrected chi connectivity index (χ3v) is 3.36. The maximum atomic E-state index is 5.50. The van der Waals surface area contributed by atoms with Crippen molar-refractivity contribution in [1.82, 2.24) is 5.32 Å². The van der Waals surface area contributed by atoms with Gasteiger partial charge in [-0.05, 0) is 43.2 Å². The minimum absolute atomic E-state index is 0.758. The van der Waals surface area contributed by atoms with Crippen molar-refractivity contribution in [2.24, 2.45) is 0 Å². The van der Waals surface area contributed by atoms with Gasteiger partial charge in [0.25, 0.3) is 0 Å². The molecule has 0 aliphatic rings. The Balaban J connectivity index is 1.90. The summed E-state index contributed by atoms with van der Waals surface area (Å²) in [7, 11) is 0. The van der Waals surface area contributed by atoms with Crippen LogP contribution in [0.2, 0.25) is 0 Å². The molecule has 0 spiro atoms. The van der Waals surface area contributed by atoms with Crippen molar-refractivity contribution in [3.63, 3.8) is 0 Å². The Morgan fingerprint density at radius 2 is 1.94 bits per heavy atom. The van der Waals surface area contributed by atoms with Crippen LogP contribution in [0.3, 0.4) is 0 Å². The number of hydrogen-bond acceptors (Lipinski definition) is 2. The monoisotopic (exact) mass is 293 g/mol. The fraction of sp³-hybridized carbons (Fsp3) is 0.286. The molecule has 1 aromatic heterocycles. The number of rotatable bonds is 4. The van der Waals surface area contributed by atoms with Crippen molar-refractivity contribution in [2.75, 3.05) is 0 Å². The summed E-state index contributed by atoms with van der Waals surface area (Å²) in [6.45, 7) is 5.64. The Morgan fingerprint density at radius 1 is 1.12 bits per heavy atom. The zero-order valence-electron chi connectivity index (χ0n) is 10.1. The summed E-state index contributed by atoms with van der Waals surface area (Å²) in [5, 5.41) is 3.37. The van der Waals surface area contributed by atoms with Gasteiger partial charge in [-0.25, -0.2) is 0 Å². The second-order valence-electron chi connectivity index (χ2n) is 4.21. The molecule has 0 saturated heterocycles. The van der Waals surface area contributed by atoms with Gasteiger partial charge in [0, 0.05) is 11.0 Å². The molecule has 2 rings (SSSR count).